The fraction of sp³-hybridized carbons (Fsp3) is 0.375. The van der Waals surface area contributed by atoms with Crippen molar-refractivity contribution in [2.45, 2.75) is 69.4 Å². The van der Waals surface area contributed by atoms with Crippen molar-refractivity contribution in [2.24, 2.45) is 0 Å². The summed E-state index contributed by atoms with van der Waals surface area (Å²) in [5, 5.41) is 3.47. The molecule has 0 spiro atoms. The highest BCUT2D eigenvalue weighted by molar-refractivity contribution is 7.92. The van der Waals surface area contributed by atoms with Gasteiger partial charge in [0.1, 0.15) is 12.6 Å². The molecule has 9 heteroatoms. The Labute approximate surface area is 248 Å². The van der Waals surface area contributed by atoms with Crippen LogP contribution in [-0.4, -0.2) is 50.3 Å². The van der Waals surface area contributed by atoms with Crippen molar-refractivity contribution in [3.63, 3.8) is 0 Å². The van der Waals surface area contributed by atoms with E-state index >= 15 is 0 Å². The van der Waals surface area contributed by atoms with Gasteiger partial charge in [0.25, 0.3) is 10.0 Å². The Hall–Kier alpha value is -3.36. The average Bonchev–Trinajstić information content (AvgIpc) is 2.97. The molecule has 0 unspecified atom stereocenters. The molecular weight excluding hydrogens is 558 g/mol. The Bertz CT molecular complexity index is 1420. The second kappa shape index (κ2) is 14.0. The van der Waals surface area contributed by atoms with Crippen LogP contribution in [0.1, 0.15) is 50.2 Å². The van der Waals surface area contributed by atoms with Gasteiger partial charge in [-0.2, -0.15) is 0 Å². The van der Waals surface area contributed by atoms with Gasteiger partial charge in [0.15, 0.2) is 0 Å². The average molecular weight is 596 g/mol. The number of amides is 2. The Morgan fingerprint density at radius 2 is 1.63 bits per heavy atom. The summed E-state index contributed by atoms with van der Waals surface area (Å²) in [6, 6.07) is 21.9. The highest BCUT2D eigenvalue weighted by Crippen LogP contribution is 2.27. The molecule has 1 aliphatic rings. The number of hydrogen-bond acceptors (Lipinski definition) is 4. The van der Waals surface area contributed by atoms with Crippen LogP contribution in [0.4, 0.5) is 5.69 Å². The number of nitrogens with one attached hydrogen (secondary N) is 1. The first-order valence-electron chi connectivity index (χ1n) is 14.1. The third kappa shape index (κ3) is 8.11. The predicted molar refractivity (Wildman–Crippen MR) is 163 cm³/mol. The third-order valence-corrected chi connectivity index (χ3v) is 9.61. The fourth-order valence-electron chi connectivity index (χ4n) is 5.14. The number of sulfonamides is 1. The summed E-state index contributed by atoms with van der Waals surface area (Å²) in [4.78, 5) is 28.9. The maximum absolute atomic E-state index is 14.0. The van der Waals surface area contributed by atoms with Crippen molar-refractivity contribution >= 4 is 39.1 Å². The van der Waals surface area contributed by atoms with Crippen LogP contribution in [-0.2, 0) is 26.0 Å². The fourth-order valence-corrected chi connectivity index (χ4v) is 6.73. The summed E-state index contributed by atoms with van der Waals surface area (Å²) in [7, 11) is -4.13. The Morgan fingerprint density at radius 3 is 2.29 bits per heavy atom. The number of hydrogen-bond donors (Lipinski definition) is 1. The minimum Gasteiger partial charge on any atom is -0.352 e. The smallest absolute Gasteiger partial charge is 0.264 e. The Morgan fingerprint density at radius 1 is 0.951 bits per heavy atom. The van der Waals surface area contributed by atoms with Crippen LogP contribution in [0.25, 0.3) is 0 Å². The molecule has 0 radical (unpaired) electrons. The molecule has 1 atom stereocenters. The summed E-state index contributed by atoms with van der Waals surface area (Å²) in [5.41, 5.74) is 2.21. The normalized spacial score (nSPS) is 14.7. The zero-order chi connectivity index (χ0) is 29.4. The van der Waals surface area contributed by atoms with Gasteiger partial charge < -0.3 is 10.2 Å². The quantitative estimate of drug-likeness (QED) is 0.306. The maximum Gasteiger partial charge on any atom is 0.264 e. The van der Waals surface area contributed by atoms with Gasteiger partial charge in [-0.15, -0.1) is 0 Å². The number of carbonyl (C=O) groups excluding carboxylic acids is 2. The van der Waals surface area contributed by atoms with Crippen molar-refractivity contribution in [1.29, 1.82) is 0 Å². The van der Waals surface area contributed by atoms with Gasteiger partial charge in [-0.05, 0) is 69.0 Å². The second-order valence-corrected chi connectivity index (χ2v) is 12.9. The molecule has 1 saturated carbocycles. The van der Waals surface area contributed by atoms with Gasteiger partial charge in [-0.1, -0.05) is 85.0 Å². The number of anilines is 1. The Kier molecular flexibility index (Phi) is 10.5. The molecular formula is C32H38ClN3O4S. The summed E-state index contributed by atoms with van der Waals surface area (Å²) in [5.74, 6) is -0.697. The van der Waals surface area contributed by atoms with Crippen LogP contribution in [0.2, 0.25) is 5.02 Å². The third-order valence-electron chi connectivity index (χ3n) is 7.59. The van der Waals surface area contributed by atoms with Gasteiger partial charge in [0, 0.05) is 17.6 Å². The van der Waals surface area contributed by atoms with Gasteiger partial charge in [0.2, 0.25) is 11.8 Å². The van der Waals surface area contributed by atoms with Gasteiger partial charge in [-0.3, -0.25) is 13.9 Å². The van der Waals surface area contributed by atoms with Gasteiger partial charge in [0.05, 0.1) is 10.6 Å². The van der Waals surface area contributed by atoms with E-state index in [4.69, 9.17) is 11.6 Å². The van der Waals surface area contributed by atoms with E-state index in [2.05, 4.69) is 5.32 Å². The lowest BCUT2D eigenvalue weighted by Crippen LogP contribution is -2.53. The highest BCUT2D eigenvalue weighted by atomic mass is 35.5. The van der Waals surface area contributed by atoms with E-state index in [0.717, 1.165) is 41.1 Å². The van der Waals surface area contributed by atoms with E-state index in [0.29, 0.717) is 11.4 Å². The van der Waals surface area contributed by atoms with Gasteiger partial charge in [-0.25, -0.2) is 8.42 Å². The predicted octanol–water partition coefficient (Wildman–Crippen LogP) is 5.75. The monoisotopic (exact) mass is 595 g/mol. The van der Waals surface area contributed by atoms with Crippen LogP contribution in [0.3, 0.4) is 0 Å². The summed E-state index contributed by atoms with van der Waals surface area (Å²) >= 11 is 6.24. The largest absolute Gasteiger partial charge is 0.352 e. The van der Waals surface area contributed by atoms with Gasteiger partial charge >= 0.3 is 0 Å². The van der Waals surface area contributed by atoms with Crippen molar-refractivity contribution in [2.75, 3.05) is 17.4 Å². The number of nitrogens with zero attached hydrogens (tertiary/aromatic N) is 2. The van der Waals surface area contributed by atoms with Crippen molar-refractivity contribution in [3.05, 3.63) is 95.0 Å². The van der Waals surface area contributed by atoms with E-state index < -0.39 is 28.5 Å². The highest BCUT2D eigenvalue weighted by Gasteiger charge is 2.33. The molecule has 1 N–H and O–H groups in total. The van der Waals surface area contributed by atoms with Crippen LogP contribution in [0.5, 0.6) is 0 Å². The van der Waals surface area contributed by atoms with Crippen LogP contribution in [0, 0.1) is 6.92 Å². The minimum atomic E-state index is -4.13. The molecule has 0 aromatic heterocycles. The zero-order valence-electron chi connectivity index (χ0n) is 23.6. The number of rotatable bonds is 11. The maximum atomic E-state index is 14.0. The number of aryl methyl sites for hydroxylation is 1. The molecule has 1 aliphatic carbocycles. The van der Waals surface area contributed by atoms with Crippen LogP contribution in [0.15, 0.2) is 83.8 Å². The SMILES string of the molecule is Cc1ccc(S(=O)(=O)N(CC(=O)N(CCc2ccccc2)[C@@H](C)C(=O)NC2CCCCC2)c2cccc(Cl)c2)cc1. The van der Waals surface area contributed by atoms with E-state index in [9.17, 15) is 18.0 Å². The minimum absolute atomic E-state index is 0.0646. The van der Waals surface area contributed by atoms with Crippen molar-refractivity contribution < 1.29 is 18.0 Å². The van der Waals surface area contributed by atoms with E-state index in [-0.39, 0.29) is 29.1 Å². The number of halogens is 1. The topological polar surface area (TPSA) is 86.8 Å². The number of benzene rings is 3. The van der Waals surface area contributed by atoms with E-state index in [1.807, 2.05) is 37.3 Å². The van der Waals surface area contributed by atoms with Crippen molar-refractivity contribution in [3.8, 4) is 0 Å². The molecule has 218 valence electrons. The molecule has 3 aromatic carbocycles. The van der Waals surface area contributed by atoms with Crippen molar-refractivity contribution in [1.82, 2.24) is 10.2 Å². The molecule has 2 amide bonds. The molecule has 41 heavy (non-hydrogen) atoms. The molecule has 1 fully saturated rings. The standard InChI is InChI=1S/C32H38ClN3O4S/c1-24-16-18-30(19-17-24)41(39,40)36(29-15-9-12-27(33)22-29)23-31(37)35(21-20-26-10-5-3-6-11-26)25(2)32(38)34-28-13-7-4-8-14-28/h3,5-6,9-12,15-19,22,25,28H,4,7-8,13-14,20-21,23H2,1-2H3,(H,34,38)/t25-/m0/s1. The van der Waals surface area contributed by atoms with E-state index in [1.165, 1.54) is 29.5 Å². The van der Waals surface area contributed by atoms with Crippen LogP contribution < -0.4 is 9.62 Å². The first-order chi connectivity index (χ1) is 19.6. The lowest BCUT2D eigenvalue weighted by molar-refractivity contribution is -0.139. The lowest BCUT2D eigenvalue weighted by Gasteiger charge is -2.33. The zero-order valence-corrected chi connectivity index (χ0v) is 25.2. The molecule has 7 nitrogen and oxygen atoms in total. The number of carbonyl (C=O) groups is 2. The molecule has 3 aromatic rings. The first kappa shape index (κ1) is 30.6. The molecule has 0 saturated heterocycles. The molecule has 0 aliphatic heterocycles. The lowest BCUT2D eigenvalue weighted by atomic mass is 9.95. The second-order valence-electron chi connectivity index (χ2n) is 10.6. The Balaban J connectivity index is 1.63. The summed E-state index contributed by atoms with van der Waals surface area (Å²) in [6.07, 6.45) is 5.68. The summed E-state index contributed by atoms with van der Waals surface area (Å²) in [6.45, 7) is 3.36. The molecule has 0 heterocycles. The summed E-state index contributed by atoms with van der Waals surface area (Å²) < 4.78 is 28.9. The first-order valence-corrected chi connectivity index (χ1v) is 16.0. The molecule has 4 rings (SSSR count). The van der Waals surface area contributed by atoms with Crippen LogP contribution >= 0.6 is 11.6 Å². The van der Waals surface area contributed by atoms with E-state index in [1.54, 1.807) is 37.3 Å². The molecule has 0 bridgehead atoms.